The first-order valence-electron chi connectivity index (χ1n) is 10.0. The van der Waals surface area contributed by atoms with Crippen molar-refractivity contribution < 1.29 is 13.9 Å². The van der Waals surface area contributed by atoms with Crippen LogP contribution < -0.4 is 21.5 Å². The average Bonchev–Trinajstić information content (AvgIpc) is 3.64. The highest BCUT2D eigenvalue weighted by Crippen LogP contribution is 2.37. The minimum absolute atomic E-state index is 0.0259. The van der Waals surface area contributed by atoms with Crippen molar-refractivity contribution in [2.45, 2.75) is 37.2 Å². The molecule has 5 rings (SSSR count). The van der Waals surface area contributed by atoms with Crippen molar-refractivity contribution in [3.63, 3.8) is 0 Å². The maximum atomic E-state index is 13.4. The van der Waals surface area contributed by atoms with Gasteiger partial charge in [-0.2, -0.15) is 9.61 Å². The lowest BCUT2D eigenvalue weighted by atomic mass is 10.3. The van der Waals surface area contributed by atoms with E-state index in [0.29, 0.717) is 29.3 Å². The van der Waals surface area contributed by atoms with Crippen LogP contribution in [0.2, 0.25) is 0 Å². The number of amides is 1. The molecule has 3 heterocycles. The lowest BCUT2D eigenvalue weighted by Crippen LogP contribution is -2.28. The van der Waals surface area contributed by atoms with Crippen LogP contribution >= 0.6 is 0 Å². The third-order valence-electron chi connectivity index (χ3n) is 5.60. The maximum Gasteiger partial charge on any atom is 0.274 e. The topological polar surface area (TPSA) is 115 Å². The van der Waals surface area contributed by atoms with E-state index in [1.165, 1.54) is 15.3 Å². The molecule has 0 aromatic carbocycles. The summed E-state index contributed by atoms with van der Waals surface area (Å²) >= 11 is 0. The molecule has 0 radical (unpaired) electrons. The Hall–Kier alpha value is -3.47. The van der Waals surface area contributed by atoms with Crippen molar-refractivity contribution in [1.82, 2.24) is 24.5 Å². The summed E-state index contributed by atoms with van der Waals surface area (Å²) in [5.74, 6) is 0.640. The predicted molar refractivity (Wildman–Crippen MR) is 112 cm³/mol. The summed E-state index contributed by atoms with van der Waals surface area (Å²) in [7, 11) is 3.33. The van der Waals surface area contributed by atoms with Gasteiger partial charge in [0.15, 0.2) is 5.65 Å². The van der Waals surface area contributed by atoms with E-state index in [4.69, 9.17) is 4.74 Å². The Balaban J connectivity index is 1.47. The van der Waals surface area contributed by atoms with Crippen molar-refractivity contribution in [2.75, 3.05) is 24.8 Å². The average molecular weight is 427 g/mol. The molecular weight excluding hydrogens is 405 g/mol. The fourth-order valence-corrected chi connectivity index (χ4v) is 3.64. The van der Waals surface area contributed by atoms with Crippen molar-refractivity contribution in [3.05, 3.63) is 46.5 Å². The Bertz CT molecular complexity index is 1220. The molecule has 3 aromatic rings. The van der Waals surface area contributed by atoms with Crippen molar-refractivity contribution in [3.8, 4) is 0 Å². The van der Waals surface area contributed by atoms with Gasteiger partial charge in [0.25, 0.3) is 11.5 Å². The van der Waals surface area contributed by atoms with E-state index in [-0.39, 0.29) is 29.3 Å². The Morgan fingerprint density at radius 3 is 2.84 bits per heavy atom. The van der Waals surface area contributed by atoms with Gasteiger partial charge in [0.1, 0.15) is 29.1 Å². The molecule has 0 unspecified atom stereocenters. The SMILES string of the molecule is CNc1cc(Nc2cccn([C@@H]3C[C@H]3F)c2=O)nc2c(C(=O)N[C@@H]3C[C@H]3OC)cnn12. The first-order valence-corrected chi connectivity index (χ1v) is 10.0. The second-order valence-corrected chi connectivity index (χ2v) is 7.74. The zero-order valence-corrected chi connectivity index (χ0v) is 17.0. The van der Waals surface area contributed by atoms with Crippen molar-refractivity contribution >= 4 is 28.9 Å². The summed E-state index contributed by atoms with van der Waals surface area (Å²) in [6.07, 6.45) is 3.19. The Labute approximate surface area is 176 Å². The lowest BCUT2D eigenvalue weighted by Gasteiger charge is -2.11. The number of rotatable bonds is 7. The molecule has 2 aliphatic carbocycles. The predicted octanol–water partition coefficient (Wildman–Crippen LogP) is 1.48. The molecule has 2 fully saturated rings. The normalized spacial score (nSPS) is 24.1. The molecular formula is C20H22FN7O3. The van der Waals surface area contributed by atoms with E-state index < -0.39 is 12.2 Å². The van der Waals surface area contributed by atoms with E-state index in [1.807, 2.05) is 0 Å². The standard InChI is InChI=1S/C20H22FN7O3/c1-22-17-8-16(24-12-4-3-5-27(20(12)30)14-6-11(14)21)26-18-10(9-23-28(17)18)19(29)25-13-7-15(13)31-2/h3-5,8-9,11,13-15,22H,6-7H2,1-2H3,(H,24,26)(H,25,29)/t11-,13-,14-,15-/m1/s1. The van der Waals surface area contributed by atoms with Gasteiger partial charge in [-0.15, -0.1) is 0 Å². The second kappa shape index (κ2) is 7.34. The number of hydrogen-bond donors (Lipinski definition) is 3. The van der Waals surface area contributed by atoms with Gasteiger partial charge in [0.05, 0.1) is 24.4 Å². The molecule has 11 heteroatoms. The van der Waals surface area contributed by atoms with Crippen LogP contribution in [0.5, 0.6) is 0 Å². The summed E-state index contributed by atoms with van der Waals surface area (Å²) in [4.78, 5) is 30.0. The number of methoxy groups -OCH3 is 1. The Morgan fingerprint density at radius 2 is 2.16 bits per heavy atom. The molecule has 10 nitrogen and oxygen atoms in total. The molecule has 162 valence electrons. The van der Waals surface area contributed by atoms with E-state index in [0.717, 1.165) is 6.42 Å². The number of carbonyl (C=O) groups excluding carboxylic acids is 1. The number of fused-ring (bicyclic) bond motifs is 1. The van der Waals surface area contributed by atoms with E-state index in [1.54, 1.807) is 38.6 Å². The van der Waals surface area contributed by atoms with Crippen LogP contribution in [0.25, 0.3) is 5.65 Å². The van der Waals surface area contributed by atoms with Gasteiger partial charge in [-0.3, -0.25) is 9.59 Å². The van der Waals surface area contributed by atoms with Crippen LogP contribution in [0.4, 0.5) is 21.7 Å². The van der Waals surface area contributed by atoms with E-state index >= 15 is 0 Å². The fourth-order valence-electron chi connectivity index (χ4n) is 3.64. The zero-order valence-electron chi connectivity index (χ0n) is 17.0. The Kier molecular flexibility index (Phi) is 4.62. The van der Waals surface area contributed by atoms with Gasteiger partial charge in [-0.25, -0.2) is 9.37 Å². The first kappa shape index (κ1) is 19.5. The minimum Gasteiger partial charge on any atom is -0.379 e. The van der Waals surface area contributed by atoms with Gasteiger partial charge >= 0.3 is 0 Å². The van der Waals surface area contributed by atoms with Crippen LogP contribution in [0, 0.1) is 0 Å². The maximum absolute atomic E-state index is 13.4. The molecule has 3 N–H and O–H groups in total. The summed E-state index contributed by atoms with van der Waals surface area (Å²) in [5, 5.41) is 13.2. The highest BCUT2D eigenvalue weighted by molar-refractivity contribution is 6.00. The minimum atomic E-state index is -0.990. The summed E-state index contributed by atoms with van der Waals surface area (Å²) in [5.41, 5.74) is 0.590. The molecule has 0 aliphatic heterocycles. The molecule has 1 amide bonds. The number of nitrogens with zero attached hydrogens (tertiary/aromatic N) is 4. The second-order valence-electron chi connectivity index (χ2n) is 7.74. The molecule has 0 bridgehead atoms. The van der Waals surface area contributed by atoms with Crippen LogP contribution in [-0.2, 0) is 4.74 Å². The zero-order chi connectivity index (χ0) is 21.7. The Morgan fingerprint density at radius 1 is 1.35 bits per heavy atom. The fraction of sp³-hybridized carbons (Fsp3) is 0.400. The molecule has 0 spiro atoms. The van der Waals surface area contributed by atoms with Crippen LogP contribution in [0.1, 0.15) is 29.2 Å². The number of alkyl halides is 1. The van der Waals surface area contributed by atoms with Gasteiger partial charge in [-0.1, -0.05) is 0 Å². The quantitative estimate of drug-likeness (QED) is 0.523. The third-order valence-corrected chi connectivity index (χ3v) is 5.60. The van der Waals surface area contributed by atoms with Gasteiger partial charge in [0, 0.05) is 32.8 Å². The third kappa shape index (κ3) is 3.50. The largest absolute Gasteiger partial charge is 0.379 e. The molecule has 31 heavy (non-hydrogen) atoms. The van der Waals surface area contributed by atoms with Crippen LogP contribution in [0.3, 0.4) is 0 Å². The van der Waals surface area contributed by atoms with Crippen molar-refractivity contribution in [1.29, 1.82) is 0 Å². The smallest absolute Gasteiger partial charge is 0.274 e. The van der Waals surface area contributed by atoms with Gasteiger partial charge < -0.3 is 25.3 Å². The number of ether oxygens (including phenoxy) is 1. The number of hydrogen-bond acceptors (Lipinski definition) is 7. The van der Waals surface area contributed by atoms with Crippen LogP contribution in [-0.4, -0.2) is 57.5 Å². The molecule has 0 saturated heterocycles. The number of anilines is 3. The number of nitrogens with one attached hydrogen (secondary N) is 3. The molecule has 4 atom stereocenters. The summed E-state index contributed by atoms with van der Waals surface area (Å²) in [6, 6.07) is 4.53. The molecule has 2 aliphatic rings. The molecule has 3 aromatic heterocycles. The first-order chi connectivity index (χ1) is 15.0. The monoisotopic (exact) mass is 427 g/mol. The van der Waals surface area contributed by atoms with Crippen molar-refractivity contribution in [2.24, 2.45) is 0 Å². The summed E-state index contributed by atoms with van der Waals surface area (Å²) in [6.45, 7) is 0. The highest BCUT2D eigenvalue weighted by atomic mass is 19.1. The van der Waals surface area contributed by atoms with Gasteiger partial charge in [0.2, 0.25) is 0 Å². The highest BCUT2D eigenvalue weighted by Gasteiger charge is 2.40. The lowest BCUT2D eigenvalue weighted by molar-refractivity contribution is 0.0936. The van der Waals surface area contributed by atoms with Gasteiger partial charge in [-0.05, 0) is 18.6 Å². The van der Waals surface area contributed by atoms with E-state index in [2.05, 4.69) is 26.0 Å². The number of aromatic nitrogens is 4. The number of carbonyl (C=O) groups is 1. The molecule has 2 saturated carbocycles. The summed E-state index contributed by atoms with van der Waals surface area (Å²) < 4.78 is 21.6. The van der Waals surface area contributed by atoms with Crippen LogP contribution in [0.15, 0.2) is 35.4 Å². The van der Waals surface area contributed by atoms with E-state index in [9.17, 15) is 14.0 Å². The number of halogens is 1. The number of pyridine rings is 1.